The van der Waals surface area contributed by atoms with E-state index in [1.807, 2.05) is 6.08 Å². The Morgan fingerprint density at radius 1 is 0.905 bits per heavy atom. The molecule has 0 amide bonds. The standard InChI is InChI=1S/C16H30O2Si3/c1-8-9-15-21(17-19(2,3)4,18-20(5,6)7)16-13-11-10-12-14-16/h8,10-14H,1,9,15H2,2-7H3. The third-order valence-electron chi connectivity index (χ3n) is 2.83. The molecule has 1 rings (SSSR count). The van der Waals surface area contributed by atoms with Gasteiger partial charge in [0.1, 0.15) is 0 Å². The minimum absolute atomic E-state index is 0.941. The Kier molecular flexibility index (Phi) is 6.37. The van der Waals surface area contributed by atoms with Crippen LogP contribution in [0, 0.1) is 0 Å². The van der Waals surface area contributed by atoms with E-state index in [-0.39, 0.29) is 0 Å². The van der Waals surface area contributed by atoms with Gasteiger partial charge in [-0.3, -0.25) is 0 Å². The molecule has 0 aliphatic heterocycles. The Balaban J connectivity index is 3.29. The SMILES string of the molecule is C=CCC[Si](O[Si](C)(C)C)(O[Si](C)(C)C)c1ccccc1. The van der Waals surface area contributed by atoms with Gasteiger partial charge in [-0.05, 0) is 56.9 Å². The summed E-state index contributed by atoms with van der Waals surface area (Å²) in [5.74, 6) is 0. The minimum Gasteiger partial charge on any atom is -0.433 e. The first-order valence-corrected chi connectivity index (χ1v) is 16.5. The average Bonchev–Trinajstić information content (AvgIpc) is 2.33. The number of rotatable bonds is 8. The van der Waals surface area contributed by atoms with E-state index in [0.717, 1.165) is 12.5 Å². The number of hydrogen-bond acceptors (Lipinski definition) is 2. The Bertz CT molecular complexity index is 431. The van der Waals surface area contributed by atoms with Crippen molar-refractivity contribution in [3.8, 4) is 0 Å². The first-order valence-electron chi connectivity index (χ1n) is 7.65. The lowest BCUT2D eigenvalue weighted by atomic mass is 10.4. The average molecular weight is 339 g/mol. The topological polar surface area (TPSA) is 18.5 Å². The van der Waals surface area contributed by atoms with Crippen LogP contribution in [0.1, 0.15) is 6.42 Å². The van der Waals surface area contributed by atoms with Gasteiger partial charge < -0.3 is 8.23 Å². The lowest BCUT2D eigenvalue weighted by Crippen LogP contribution is -2.62. The highest BCUT2D eigenvalue weighted by atomic mass is 28.5. The van der Waals surface area contributed by atoms with Gasteiger partial charge in [-0.1, -0.05) is 36.4 Å². The van der Waals surface area contributed by atoms with E-state index in [0.29, 0.717) is 0 Å². The zero-order chi connectivity index (χ0) is 16.1. The van der Waals surface area contributed by atoms with E-state index < -0.39 is 25.2 Å². The molecule has 5 heteroatoms. The van der Waals surface area contributed by atoms with Crippen molar-refractivity contribution in [3.63, 3.8) is 0 Å². The summed E-state index contributed by atoms with van der Waals surface area (Å²) in [4.78, 5) is 0. The molecule has 0 unspecified atom stereocenters. The van der Waals surface area contributed by atoms with Gasteiger partial charge in [-0.15, -0.1) is 6.58 Å². The van der Waals surface area contributed by atoms with Crippen molar-refractivity contribution in [1.82, 2.24) is 0 Å². The molecule has 0 N–H and O–H groups in total. The fourth-order valence-electron chi connectivity index (χ4n) is 2.36. The van der Waals surface area contributed by atoms with E-state index >= 15 is 0 Å². The summed E-state index contributed by atoms with van der Waals surface area (Å²) in [7, 11) is -5.81. The third kappa shape index (κ3) is 6.44. The molecule has 0 aliphatic rings. The van der Waals surface area contributed by atoms with E-state index in [9.17, 15) is 0 Å². The summed E-state index contributed by atoms with van der Waals surface area (Å²) in [6.45, 7) is 17.4. The molecule has 0 bridgehead atoms. The van der Waals surface area contributed by atoms with Crippen molar-refractivity contribution < 1.29 is 8.23 Å². The Hall–Kier alpha value is -0.469. The van der Waals surface area contributed by atoms with Crippen LogP contribution in [0.3, 0.4) is 0 Å². The molecule has 1 aromatic rings. The van der Waals surface area contributed by atoms with Crippen LogP contribution in [0.5, 0.6) is 0 Å². The van der Waals surface area contributed by atoms with Crippen LogP contribution in [0.15, 0.2) is 43.0 Å². The monoisotopic (exact) mass is 338 g/mol. The minimum atomic E-state index is -2.41. The molecule has 0 heterocycles. The lowest BCUT2D eigenvalue weighted by molar-refractivity contribution is 0.393. The molecule has 0 fully saturated rings. The van der Waals surface area contributed by atoms with Crippen LogP contribution < -0.4 is 5.19 Å². The molecule has 2 nitrogen and oxygen atoms in total. The molecule has 0 saturated heterocycles. The highest BCUT2D eigenvalue weighted by Gasteiger charge is 2.45. The second-order valence-electron chi connectivity index (χ2n) is 7.38. The lowest BCUT2D eigenvalue weighted by Gasteiger charge is -2.41. The highest BCUT2D eigenvalue weighted by Crippen LogP contribution is 2.25. The van der Waals surface area contributed by atoms with Gasteiger partial charge in [-0.2, -0.15) is 0 Å². The van der Waals surface area contributed by atoms with Crippen molar-refractivity contribution in [2.24, 2.45) is 0 Å². The third-order valence-corrected chi connectivity index (χ3v) is 12.5. The van der Waals surface area contributed by atoms with Gasteiger partial charge in [0.15, 0.2) is 16.6 Å². The molecular formula is C16H30O2Si3. The van der Waals surface area contributed by atoms with E-state index in [1.165, 1.54) is 5.19 Å². The second-order valence-corrected chi connectivity index (χ2v) is 20.0. The van der Waals surface area contributed by atoms with Crippen LogP contribution in [0.4, 0.5) is 0 Å². The van der Waals surface area contributed by atoms with Crippen molar-refractivity contribution >= 4 is 30.4 Å². The van der Waals surface area contributed by atoms with Crippen molar-refractivity contribution in [1.29, 1.82) is 0 Å². The molecule has 0 atom stereocenters. The van der Waals surface area contributed by atoms with Crippen LogP contribution in [-0.4, -0.2) is 25.2 Å². The Morgan fingerprint density at radius 3 is 1.76 bits per heavy atom. The van der Waals surface area contributed by atoms with Gasteiger partial charge in [-0.25, -0.2) is 0 Å². The fraction of sp³-hybridized carbons (Fsp3) is 0.500. The summed E-state index contributed by atoms with van der Waals surface area (Å²) in [6, 6.07) is 11.5. The maximum absolute atomic E-state index is 6.73. The maximum Gasteiger partial charge on any atom is 0.352 e. The predicted molar refractivity (Wildman–Crippen MR) is 100 cm³/mol. The van der Waals surface area contributed by atoms with Gasteiger partial charge in [0.25, 0.3) is 0 Å². The summed E-state index contributed by atoms with van der Waals surface area (Å²) in [5, 5.41) is 1.26. The zero-order valence-corrected chi connectivity index (χ0v) is 17.4. The number of allylic oxidation sites excluding steroid dienone is 1. The van der Waals surface area contributed by atoms with Crippen molar-refractivity contribution in [3.05, 3.63) is 43.0 Å². The molecule has 0 aromatic heterocycles. The van der Waals surface area contributed by atoms with Crippen LogP contribution in [0.25, 0.3) is 0 Å². The van der Waals surface area contributed by atoms with Crippen LogP contribution >= 0.6 is 0 Å². The smallest absolute Gasteiger partial charge is 0.352 e. The first kappa shape index (κ1) is 18.6. The molecule has 21 heavy (non-hydrogen) atoms. The fourth-order valence-corrected chi connectivity index (χ4v) is 14.1. The first-order chi connectivity index (χ1) is 9.58. The number of benzene rings is 1. The summed E-state index contributed by atoms with van der Waals surface area (Å²) < 4.78 is 13.5. The largest absolute Gasteiger partial charge is 0.433 e. The molecule has 0 radical (unpaired) electrons. The van der Waals surface area contributed by atoms with Gasteiger partial charge in [0.05, 0.1) is 0 Å². The second kappa shape index (κ2) is 7.19. The van der Waals surface area contributed by atoms with Crippen molar-refractivity contribution in [2.45, 2.75) is 51.7 Å². The summed E-state index contributed by atoms with van der Waals surface area (Å²) >= 11 is 0. The summed E-state index contributed by atoms with van der Waals surface area (Å²) in [6.07, 6.45) is 2.92. The van der Waals surface area contributed by atoms with E-state index in [1.54, 1.807) is 0 Å². The highest BCUT2D eigenvalue weighted by molar-refractivity contribution is 6.94. The normalized spacial score (nSPS) is 13.2. The Labute approximate surface area is 133 Å². The van der Waals surface area contributed by atoms with E-state index in [2.05, 4.69) is 76.2 Å². The molecule has 1 aromatic carbocycles. The van der Waals surface area contributed by atoms with Gasteiger partial charge in [0.2, 0.25) is 0 Å². The Morgan fingerprint density at radius 2 is 1.38 bits per heavy atom. The van der Waals surface area contributed by atoms with E-state index in [4.69, 9.17) is 8.23 Å². The molecule has 0 aliphatic carbocycles. The zero-order valence-electron chi connectivity index (χ0n) is 14.4. The van der Waals surface area contributed by atoms with Crippen LogP contribution in [0.2, 0.25) is 45.3 Å². The van der Waals surface area contributed by atoms with Gasteiger partial charge >= 0.3 is 8.56 Å². The quantitative estimate of drug-likeness (QED) is 0.509. The molecule has 118 valence electrons. The molecule has 0 spiro atoms. The molecule has 0 saturated carbocycles. The molecular weight excluding hydrogens is 308 g/mol. The predicted octanol–water partition coefficient (Wildman–Crippen LogP) is 4.61. The number of hydrogen-bond donors (Lipinski definition) is 0. The van der Waals surface area contributed by atoms with Crippen LogP contribution in [-0.2, 0) is 8.23 Å². The summed E-state index contributed by atoms with van der Waals surface area (Å²) in [5.41, 5.74) is 0. The van der Waals surface area contributed by atoms with Gasteiger partial charge in [0, 0.05) is 0 Å². The van der Waals surface area contributed by atoms with Crippen molar-refractivity contribution in [2.75, 3.05) is 0 Å². The maximum atomic E-state index is 6.73.